The van der Waals surface area contributed by atoms with E-state index in [1.165, 1.54) is 12.1 Å². The van der Waals surface area contributed by atoms with Crippen LogP contribution in [0.25, 0.3) is 0 Å². The molecule has 0 aliphatic carbocycles. The lowest BCUT2D eigenvalue weighted by Gasteiger charge is -2.32. The first-order chi connectivity index (χ1) is 15.8. The molecule has 33 heavy (non-hydrogen) atoms. The van der Waals surface area contributed by atoms with Crippen molar-refractivity contribution in [3.8, 4) is 17.2 Å². The van der Waals surface area contributed by atoms with Crippen molar-refractivity contribution in [2.24, 2.45) is 0 Å². The summed E-state index contributed by atoms with van der Waals surface area (Å²) in [6.07, 6.45) is 0.181. The minimum Gasteiger partial charge on any atom is -0.507 e. The average Bonchev–Trinajstić information content (AvgIpc) is 2.78. The number of rotatable bonds is 7. The topological polar surface area (TPSA) is 84.9 Å². The molecule has 1 aliphatic rings. The van der Waals surface area contributed by atoms with Gasteiger partial charge in [-0.1, -0.05) is 60.7 Å². The van der Waals surface area contributed by atoms with Crippen LogP contribution in [0, 0.1) is 0 Å². The Morgan fingerprint density at radius 1 is 1.06 bits per heavy atom. The molecule has 0 unspecified atom stereocenters. The Morgan fingerprint density at radius 3 is 2.27 bits per heavy atom. The van der Waals surface area contributed by atoms with E-state index in [9.17, 15) is 14.7 Å². The Kier molecular flexibility index (Phi) is 6.36. The number of benzene rings is 3. The summed E-state index contributed by atoms with van der Waals surface area (Å²) >= 11 is 0. The first-order valence-corrected chi connectivity index (χ1v) is 10.9. The van der Waals surface area contributed by atoms with Crippen molar-refractivity contribution in [1.29, 1.82) is 0 Å². The largest absolute Gasteiger partial charge is 0.507 e. The lowest BCUT2D eigenvalue weighted by molar-refractivity contribution is -0.123. The molecule has 0 radical (unpaired) electrons. The van der Waals surface area contributed by atoms with Crippen molar-refractivity contribution in [3.05, 3.63) is 89.5 Å². The van der Waals surface area contributed by atoms with E-state index in [0.717, 1.165) is 11.1 Å². The standard InChI is InChI=1S/C27H27NO5/c1-27(2)15-23(30)26-22(29)13-20(14-24(26)33-27)32-17-25(31)28-16-21(18-9-5-3-6-10-18)19-11-7-4-8-12-19/h3-14,21,29H,15-17H2,1-2H3,(H,28,31). The van der Waals surface area contributed by atoms with Crippen molar-refractivity contribution in [2.75, 3.05) is 13.2 Å². The molecule has 0 fully saturated rings. The van der Waals surface area contributed by atoms with Crippen LogP contribution in [0.15, 0.2) is 72.8 Å². The maximum atomic E-state index is 12.5. The fourth-order valence-corrected chi connectivity index (χ4v) is 4.04. The van der Waals surface area contributed by atoms with Gasteiger partial charge in [0.1, 0.15) is 28.4 Å². The highest BCUT2D eigenvalue weighted by Gasteiger charge is 2.35. The number of ether oxygens (including phenoxy) is 2. The number of carbonyl (C=O) groups is 2. The molecule has 0 saturated heterocycles. The second-order valence-electron chi connectivity index (χ2n) is 8.74. The number of Topliss-reactive ketones (excluding diaryl/α,β-unsaturated/α-hetero) is 1. The van der Waals surface area contributed by atoms with Gasteiger partial charge < -0.3 is 19.9 Å². The summed E-state index contributed by atoms with van der Waals surface area (Å²) in [5.41, 5.74) is 1.69. The normalized spacial score (nSPS) is 14.3. The predicted octanol–water partition coefficient (Wildman–Crippen LogP) is 4.46. The van der Waals surface area contributed by atoms with Crippen LogP contribution < -0.4 is 14.8 Å². The second kappa shape index (κ2) is 9.36. The van der Waals surface area contributed by atoms with E-state index in [1.807, 2.05) is 74.5 Å². The molecular formula is C27H27NO5. The quantitative estimate of drug-likeness (QED) is 0.561. The number of phenolic OH excluding ortho intramolecular Hbond substituents is 1. The number of nitrogens with one attached hydrogen (secondary N) is 1. The van der Waals surface area contributed by atoms with Gasteiger partial charge in [-0.25, -0.2) is 0 Å². The smallest absolute Gasteiger partial charge is 0.257 e. The molecule has 2 N–H and O–H groups in total. The van der Waals surface area contributed by atoms with E-state index in [2.05, 4.69) is 5.32 Å². The summed E-state index contributed by atoms with van der Waals surface area (Å²) in [6.45, 7) is 3.80. The molecule has 0 saturated carbocycles. The van der Waals surface area contributed by atoms with Gasteiger partial charge in [-0.15, -0.1) is 0 Å². The molecule has 1 amide bonds. The summed E-state index contributed by atoms with van der Waals surface area (Å²) in [5, 5.41) is 13.2. The number of hydrogen-bond acceptors (Lipinski definition) is 5. The first-order valence-electron chi connectivity index (χ1n) is 10.9. The average molecular weight is 446 g/mol. The zero-order chi connectivity index (χ0) is 23.4. The van der Waals surface area contributed by atoms with E-state index in [4.69, 9.17) is 9.47 Å². The van der Waals surface area contributed by atoms with Crippen LogP contribution in [-0.4, -0.2) is 35.5 Å². The van der Waals surface area contributed by atoms with Gasteiger partial charge in [-0.2, -0.15) is 0 Å². The van der Waals surface area contributed by atoms with E-state index in [-0.39, 0.29) is 53.4 Å². The van der Waals surface area contributed by atoms with Crippen molar-refractivity contribution < 1.29 is 24.2 Å². The molecule has 0 spiro atoms. The fourth-order valence-electron chi connectivity index (χ4n) is 4.04. The van der Waals surface area contributed by atoms with Gasteiger partial charge in [-0.3, -0.25) is 9.59 Å². The third-order valence-electron chi connectivity index (χ3n) is 5.58. The van der Waals surface area contributed by atoms with E-state index < -0.39 is 5.60 Å². The van der Waals surface area contributed by atoms with Gasteiger partial charge in [0.25, 0.3) is 5.91 Å². The molecule has 4 rings (SSSR count). The van der Waals surface area contributed by atoms with Crippen molar-refractivity contribution in [2.45, 2.75) is 31.8 Å². The van der Waals surface area contributed by atoms with Crippen LogP contribution in [-0.2, 0) is 4.79 Å². The van der Waals surface area contributed by atoms with Gasteiger partial charge in [0.15, 0.2) is 12.4 Å². The lowest BCUT2D eigenvalue weighted by atomic mass is 9.91. The van der Waals surface area contributed by atoms with Gasteiger partial charge in [0.05, 0.1) is 6.42 Å². The highest BCUT2D eigenvalue weighted by atomic mass is 16.5. The van der Waals surface area contributed by atoms with Gasteiger partial charge in [0.2, 0.25) is 0 Å². The maximum absolute atomic E-state index is 12.5. The number of phenols is 1. The Balaban J connectivity index is 1.41. The third kappa shape index (κ3) is 5.34. The first kappa shape index (κ1) is 22.4. The highest BCUT2D eigenvalue weighted by Crippen LogP contribution is 2.40. The lowest BCUT2D eigenvalue weighted by Crippen LogP contribution is -2.36. The number of carbonyl (C=O) groups excluding carboxylic acids is 2. The number of hydrogen-bond donors (Lipinski definition) is 2. The minimum absolute atomic E-state index is 0.00535. The minimum atomic E-state index is -0.670. The Hall–Kier alpha value is -3.80. The van der Waals surface area contributed by atoms with Gasteiger partial charge in [-0.05, 0) is 25.0 Å². The molecule has 0 bridgehead atoms. The van der Waals surface area contributed by atoms with Crippen LogP contribution in [0.5, 0.6) is 17.2 Å². The molecule has 1 aliphatic heterocycles. The summed E-state index contributed by atoms with van der Waals surface area (Å²) in [6, 6.07) is 22.9. The van der Waals surface area contributed by atoms with Crippen molar-refractivity contribution in [1.82, 2.24) is 5.32 Å². The zero-order valence-electron chi connectivity index (χ0n) is 18.7. The highest BCUT2D eigenvalue weighted by molar-refractivity contribution is 6.03. The molecule has 3 aromatic carbocycles. The molecule has 0 atom stereocenters. The third-order valence-corrected chi connectivity index (χ3v) is 5.58. The molecule has 170 valence electrons. The Bertz CT molecular complexity index is 1100. The molecular weight excluding hydrogens is 418 g/mol. The maximum Gasteiger partial charge on any atom is 0.257 e. The van der Waals surface area contributed by atoms with Crippen LogP contribution >= 0.6 is 0 Å². The second-order valence-corrected chi connectivity index (χ2v) is 8.74. The van der Waals surface area contributed by atoms with Crippen molar-refractivity contribution >= 4 is 11.7 Å². The Labute approximate surface area is 193 Å². The molecule has 3 aromatic rings. The predicted molar refractivity (Wildman–Crippen MR) is 125 cm³/mol. The number of amides is 1. The number of aromatic hydroxyl groups is 1. The fraction of sp³-hybridized carbons (Fsp3) is 0.259. The van der Waals surface area contributed by atoms with Crippen LogP contribution in [0.3, 0.4) is 0 Å². The van der Waals surface area contributed by atoms with Gasteiger partial charge in [0, 0.05) is 24.6 Å². The van der Waals surface area contributed by atoms with Crippen molar-refractivity contribution in [3.63, 3.8) is 0 Å². The Morgan fingerprint density at radius 2 is 1.67 bits per heavy atom. The van der Waals surface area contributed by atoms with Crippen LogP contribution in [0.4, 0.5) is 0 Å². The van der Waals surface area contributed by atoms with E-state index >= 15 is 0 Å². The van der Waals surface area contributed by atoms with E-state index in [1.54, 1.807) is 0 Å². The molecule has 1 heterocycles. The monoisotopic (exact) mass is 445 g/mol. The van der Waals surface area contributed by atoms with Crippen LogP contribution in [0.1, 0.15) is 47.7 Å². The summed E-state index contributed by atoms with van der Waals surface area (Å²) < 4.78 is 11.4. The zero-order valence-corrected chi connectivity index (χ0v) is 18.7. The molecule has 6 heteroatoms. The number of ketones is 1. The SMILES string of the molecule is CC1(C)CC(=O)c2c(O)cc(OCC(=O)NCC(c3ccccc3)c3ccccc3)cc2O1. The number of fused-ring (bicyclic) bond motifs is 1. The van der Waals surface area contributed by atoms with E-state index in [0.29, 0.717) is 6.54 Å². The van der Waals surface area contributed by atoms with Crippen LogP contribution in [0.2, 0.25) is 0 Å². The summed E-state index contributed by atoms with van der Waals surface area (Å²) in [7, 11) is 0. The molecule has 6 nitrogen and oxygen atoms in total. The molecule has 0 aromatic heterocycles. The summed E-state index contributed by atoms with van der Waals surface area (Å²) in [5.74, 6) is -0.158. The van der Waals surface area contributed by atoms with Gasteiger partial charge >= 0.3 is 0 Å². The summed E-state index contributed by atoms with van der Waals surface area (Å²) in [4.78, 5) is 24.9.